The van der Waals surface area contributed by atoms with Gasteiger partial charge in [0.05, 0.1) is 6.54 Å². The van der Waals surface area contributed by atoms with E-state index in [0.29, 0.717) is 31.3 Å². The predicted octanol–water partition coefficient (Wildman–Crippen LogP) is 3.43. The van der Waals surface area contributed by atoms with Crippen LogP contribution < -0.4 is 16.0 Å². The van der Waals surface area contributed by atoms with Gasteiger partial charge in [-0.25, -0.2) is 0 Å². The minimum absolute atomic E-state index is 0. The van der Waals surface area contributed by atoms with Crippen LogP contribution in [-0.4, -0.2) is 61.4 Å². The second-order valence-electron chi connectivity index (χ2n) is 9.57. The third kappa shape index (κ3) is 9.06. The molecule has 0 radical (unpaired) electrons. The largest absolute Gasteiger partial charge is 0.357 e. The molecule has 2 aliphatic carbocycles. The zero-order chi connectivity index (χ0) is 21.9. The van der Waals surface area contributed by atoms with Crippen LogP contribution in [0.25, 0.3) is 0 Å². The van der Waals surface area contributed by atoms with Crippen LogP contribution in [0.15, 0.2) is 4.99 Å². The first kappa shape index (κ1) is 27.2. The van der Waals surface area contributed by atoms with Crippen molar-refractivity contribution >= 4 is 41.8 Å². The number of hydrogen-bond acceptors (Lipinski definition) is 3. The average molecular weight is 562 g/mol. The molecule has 3 rings (SSSR count). The molecule has 7 nitrogen and oxygen atoms in total. The summed E-state index contributed by atoms with van der Waals surface area (Å²) >= 11 is 0. The number of nitrogens with zero attached hydrogens (tertiary/aromatic N) is 2. The summed E-state index contributed by atoms with van der Waals surface area (Å²) in [6.45, 7) is 5.57. The Hall–Kier alpha value is -1.06. The van der Waals surface area contributed by atoms with E-state index in [1.165, 1.54) is 51.4 Å². The van der Waals surface area contributed by atoms with Crippen molar-refractivity contribution in [1.29, 1.82) is 0 Å². The summed E-state index contributed by atoms with van der Waals surface area (Å²) in [6.07, 6.45) is 13.7. The van der Waals surface area contributed by atoms with Gasteiger partial charge < -0.3 is 20.9 Å². The molecule has 0 aromatic carbocycles. The van der Waals surface area contributed by atoms with Gasteiger partial charge in [-0.1, -0.05) is 38.5 Å². The number of aliphatic imine (C=N–C) groups is 1. The Morgan fingerprint density at radius 2 is 1.62 bits per heavy atom. The lowest BCUT2D eigenvalue weighted by molar-refractivity contribution is -0.135. The molecule has 1 heterocycles. The second-order valence-corrected chi connectivity index (χ2v) is 9.57. The molecule has 0 bridgehead atoms. The van der Waals surface area contributed by atoms with E-state index in [2.05, 4.69) is 27.9 Å². The lowest BCUT2D eigenvalue weighted by Crippen LogP contribution is -2.46. The van der Waals surface area contributed by atoms with Gasteiger partial charge in [-0.2, -0.15) is 0 Å². The third-order valence-corrected chi connectivity index (χ3v) is 7.04. The highest BCUT2D eigenvalue weighted by atomic mass is 127. The molecule has 32 heavy (non-hydrogen) atoms. The fourth-order valence-electron chi connectivity index (χ4n) is 5.29. The first-order chi connectivity index (χ1) is 15.2. The standard InChI is InChI=1S/C24H43N5O2.HI/c1-2-25-24(27-15-14-26-22(30)17-19-9-5-3-6-10-19)28-21-13-16-29(18-21)23(31)20-11-7-4-8-12-20;/h19-21H,2-18H2,1H3,(H,26,30)(H2,25,27,28);1H. The Morgan fingerprint density at radius 1 is 0.938 bits per heavy atom. The lowest BCUT2D eigenvalue weighted by atomic mass is 9.87. The molecule has 1 atom stereocenters. The fraction of sp³-hybridized carbons (Fsp3) is 0.875. The molecular formula is C24H44IN5O2. The topological polar surface area (TPSA) is 85.8 Å². The van der Waals surface area contributed by atoms with Crippen LogP contribution in [0.1, 0.15) is 84.0 Å². The highest BCUT2D eigenvalue weighted by Crippen LogP contribution is 2.27. The fourth-order valence-corrected chi connectivity index (χ4v) is 5.29. The summed E-state index contributed by atoms with van der Waals surface area (Å²) in [5.74, 6) is 2.10. The first-order valence-corrected chi connectivity index (χ1v) is 12.8. The molecule has 2 saturated carbocycles. The van der Waals surface area contributed by atoms with E-state index in [0.717, 1.165) is 44.9 Å². The monoisotopic (exact) mass is 561 g/mol. The second kappa shape index (κ2) is 15.0. The molecule has 3 aliphatic rings. The Bertz CT molecular complexity index is 603. The van der Waals surface area contributed by atoms with Crippen molar-refractivity contribution in [2.75, 3.05) is 32.7 Å². The highest BCUT2D eigenvalue weighted by Gasteiger charge is 2.31. The summed E-state index contributed by atoms with van der Waals surface area (Å²) in [4.78, 5) is 31.6. The van der Waals surface area contributed by atoms with E-state index < -0.39 is 0 Å². The summed E-state index contributed by atoms with van der Waals surface area (Å²) in [6, 6.07) is 0.242. The van der Waals surface area contributed by atoms with Crippen LogP contribution in [0.2, 0.25) is 0 Å². The number of guanidine groups is 1. The summed E-state index contributed by atoms with van der Waals surface area (Å²) in [7, 11) is 0. The van der Waals surface area contributed by atoms with Crippen LogP contribution in [0.3, 0.4) is 0 Å². The van der Waals surface area contributed by atoms with E-state index in [1.54, 1.807) is 0 Å². The number of halogens is 1. The number of hydrogen-bond donors (Lipinski definition) is 3. The van der Waals surface area contributed by atoms with Crippen molar-refractivity contribution in [3.05, 3.63) is 0 Å². The molecule has 3 N–H and O–H groups in total. The quantitative estimate of drug-likeness (QED) is 0.184. The Labute approximate surface area is 211 Å². The van der Waals surface area contributed by atoms with Gasteiger partial charge in [-0.3, -0.25) is 14.6 Å². The normalized spacial score (nSPS) is 22.8. The molecule has 1 saturated heterocycles. The smallest absolute Gasteiger partial charge is 0.225 e. The van der Waals surface area contributed by atoms with Crippen molar-refractivity contribution in [1.82, 2.24) is 20.9 Å². The Kier molecular flexibility index (Phi) is 12.7. The first-order valence-electron chi connectivity index (χ1n) is 12.8. The zero-order valence-corrected chi connectivity index (χ0v) is 22.2. The van der Waals surface area contributed by atoms with Crippen LogP contribution in [0.4, 0.5) is 0 Å². The van der Waals surface area contributed by atoms with Gasteiger partial charge in [0.25, 0.3) is 0 Å². The van der Waals surface area contributed by atoms with Gasteiger partial charge in [0.1, 0.15) is 0 Å². The van der Waals surface area contributed by atoms with Crippen molar-refractivity contribution in [2.45, 2.75) is 90.0 Å². The van der Waals surface area contributed by atoms with Gasteiger partial charge in [-0.15, -0.1) is 24.0 Å². The van der Waals surface area contributed by atoms with Gasteiger partial charge in [0.15, 0.2) is 5.96 Å². The SMILES string of the molecule is CCNC(=NCCNC(=O)CC1CCCCC1)NC1CCN(C(=O)C2CCCCC2)C1.I. The van der Waals surface area contributed by atoms with E-state index in [1.807, 2.05) is 4.90 Å². The molecule has 0 aromatic rings. The van der Waals surface area contributed by atoms with Crippen molar-refractivity contribution in [3.63, 3.8) is 0 Å². The van der Waals surface area contributed by atoms with Gasteiger partial charge >= 0.3 is 0 Å². The molecule has 0 spiro atoms. The van der Waals surface area contributed by atoms with Crippen molar-refractivity contribution in [2.24, 2.45) is 16.8 Å². The maximum atomic E-state index is 12.8. The lowest BCUT2D eigenvalue weighted by Gasteiger charge is -2.26. The minimum atomic E-state index is 0. The zero-order valence-electron chi connectivity index (χ0n) is 19.9. The van der Waals surface area contributed by atoms with Crippen LogP contribution in [0.5, 0.6) is 0 Å². The number of rotatable bonds is 8. The van der Waals surface area contributed by atoms with Crippen LogP contribution in [0, 0.1) is 11.8 Å². The summed E-state index contributed by atoms with van der Waals surface area (Å²) in [5.41, 5.74) is 0. The molecule has 184 valence electrons. The highest BCUT2D eigenvalue weighted by molar-refractivity contribution is 14.0. The number of likely N-dealkylation sites (tertiary alicyclic amines) is 1. The Morgan fingerprint density at radius 3 is 2.31 bits per heavy atom. The van der Waals surface area contributed by atoms with E-state index in [9.17, 15) is 9.59 Å². The van der Waals surface area contributed by atoms with Crippen molar-refractivity contribution in [3.8, 4) is 0 Å². The summed E-state index contributed by atoms with van der Waals surface area (Å²) in [5, 5.41) is 9.81. The van der Waals surface area contributed by atoms with E-state index >= 15 is 0 Å². The molecule has 1 unspecified atom stereocenters. The molecule has 8 heteroatoms. The van der Waals surface area contributed by atoms with Gasteiger partial charge in [0, 0.05) is 44.6 Å². The molecular weight excluding hydrogens is 517 g/mol. The maximum absolute atomic E-state index is 12.8. The number of nitrogens with one attached hydrogen (secondary N) is 3. The van der Waals surface area contributed by atoms with Gasteiger partial charge in [0.2, 0.25) is 11.8 Å². The third-order valence-electron chi connectivity index (χ3n) is 7.04. The van der Waals surface area contributed by atoms with E-state index in [4.69, 9.17) is 0 Å². The molecule has 1 aliphatic heterocycles. The maximum Gasteiger partial charge on any atom is 0.225 e. The number of amides is 2. The molecule has 2 amide bonds. The average Bonchev–Trinajstić information content (AvgIpc) is 3.26. The van der Waals surface area contributed by atoms with Crippen LogP contribution in [-0.2, 0) is 9.59 Å². The number of carbonyl (C=O) groups is 2. The molecule has 3 fully saturated rings. The predicted molar refractivity (Wildman–Crippen MR) is 140 cm³/mol. The van der Waals surface area contributed by atoms with Gasteiger partial charge in [-0.05, 0) is 44.9 Å². The Balaban J connectivity index is 0.00000363. The van der Waals surface area contributed by atoms with E-state index in [-0.39, 0.29) is 41.8 Å². The molecule has 0 aromatic heterocycles. The minimum Gasteiger partial charge on any atom is -0.357 e. The van der Waals surface area contributed by atoms with Crippen molar-refractivity contribution < 1.29 is 9.59 Å². The summed E-state index contributed by atoms with van der Waals surface area (Å²) < 4.78 is 0. The van der Waals surface area contributed by atoms with Crippen LogP contribution >= 0.6 is 24.0 Å². The number of carbonyl (C=O) groups excluding carboxylic acids is 2.